The van der Waals surface area contributed by atoms with Crippen LogP contribution in [0.4, 0.5) is 4.79 Å². The van der Waals surface area contributed by atoms with Crippen LogP contribution in [-0.2, 0) is 4.79 Å². The molecule has 1 aromatic rings. The van der Waals surface area contributed by atoms with Gasteiger partial charge in [-0.25, -0.2) is 4.79 Å². The summed E-state index contributed by atoms with van der Waals surface area (Å²) < 4.78 is 5.27. The van der Waals surface area contributed by atoms with E-state index in [1.54, 1.807) is 24.3 Å². The van der Waals surface area contributed by atoms with Crippen LogP contribution in [0, 0.1) is 5.92 Å². The Kier molecular flexibility index (Phi) is 6.39. The van der Waals surface area contributed by atoms with E-state index in [1.807, 2.05) is 13.8 Å². The number of para-hydroxylation sites is 1. The lowest BCUT2D eigenvalue weighted by atomic mass is 10.1. The van der Waals surface area contributed by atoms with Crippen LogP contribution in [-0.4, -0.2) is 30.9 Å². The summed E-state index contributed by atoms with van der Waals surface area (Å²) in [5.74, 6) is -0.109. The molecule has 0 radical (unpaired) electrons. The number of ether oxygens (including phenoxy) is 1. The van der Waals surface area contributed by atoms with Crippen molar-refractivity contribution in [2.45, 2.75) is 20.8 Å². The summed E-state index contributed by atoms with van der Waals surface area (Å²) in [6.45, 7) is 5.46. The van der Waals surface area contributed by atoms with Gasteiger partial charge < -0.3 is 10.1 Å². The van der Waals surface area contributed by atoms with Gasteiger partial charge in [0.1, 0.15) is 5.75 Å². The Morgan fingerprint density at radius 3 is 2.48 bits per heavy atom. The van der Waals surface area contributed by atoms with Crippen LogP contribution in [0.15, 0.2) is 24.3 Å². The van der Waals surface area contributed by atoms with Gasteiger partial charge in [-0.3, -0.25) is 14.9 Å². The van der Waals surface area contributed by atoms with Crippen LogP contribution >= 0.6 is 0 Å². The zero-order valence-electron chi connectivity index (χ0n) is 12.4. The van der Waals surface area contributed by atoms with Crippen molar-refractivity contribution in [2.24, 2.45) is 5.92 Å². The Labute approximate surface area is 123 Å². The summed E-state index contributed by atoms with van der Waals surface area (Å²) in [5.41, 5.74) is 0.398. The molecule has 6 nitrogen and oxygen atoms in total. The smallest absolute Gasteiger partial charge is 0.321 e. The number of imide groups is 1. The summed E-state index contributed by atoms with van der Waals surface area (Å²) in [7, 11) is 0. The Bertz CT molecular complexity index is 526. The number of carbonyl (C=O) groups is 3. The topological polar surface area (TPSA) is 84.5 Å². The first-order valence-corrected chi connectivity index (χ1v) is 6.70. The van der Waals surface area contributed by atoms with Gasteiger partial charge in [0.15, 0.2) is 12.4 Å². The molecule has 1 aromatic carbocycles. The standard InChI is InChI=1S/C15H20N2O4/c1-10(2)8-16-15(20)17-14(19)9-21-13-7-5-4-6-12(13)11(3)18/h4-7,10H,8-9H2,1-3H3,(H2,16,17,19,20). The highest BCUT2D eigenvalue weighted by molar-refractivity contribution is 5.97. The first-order valence-electron chi connectivity index (χ1n) is 6.70. The first-order chi connectivity index (χ1) is 9.90. The van der Waals surface area contributed by atoms with E-state index in [0.29, 0.717) is 23.8 Å². The lowest BCUT2D eigenvalue weighted by molar-refractivity contribution is -0.122. The van der Waals surface area contributed by atoms with Crippen molar-refractivity contribution in [3.63, 3.8) is 0 Å². The molecule has 0 bridgehead atoms. The summed E-state index contributed by atoms with van der Waals surface area (Å²) in [5, 5.41) is 4.72. The SMILES string of the molecule is CC(=O)c1ccccc1OCC(=O)NC(=O)NCC(C)C. The average Bonchev–Trinajstić information content (AvgIpc) is 2.43. The molecule has 6 heteroatoms. The number of nitrogens with one attached hydrogen (secondary N) is 2. The predicted octanol–water partition coefficient (Wildman–Crippen LogP) is 1.75. The van der Waals surface area contributed by atoms with E-state index in [2.05, 4.69) is 10.6 Å². The Balaban J connectivity index is 2.47. The highest BCUT2D eigenvalue weighted by atomic mass is 16.5. The van der Waals surface area contributed by atoms with E-state index >= 15 is 0 Å². The van der Waals surface area contributed by atoms with Gasteiger partial charge in [-0.1, -0.05) is 26.0 Å². The number of amides is 3. The third-order valence-electron chi connectivity index (χ3n) is 2.55. The summed E-state index contributed by atoms with van der Waals surface area (Å²) in [6, 6.07) is 6.07. The largest absolute Gasteiger partial charge is 0.483 e. The maximum atomic E-state index is 11.6. The Hall–Kier alpha value is -2.37. The quantitative estimate of drug-likeness (QED) is 0.782. The fraction of sp³-hybridized carbons (Fsp3) is 0.400. The fourth-order valence-electron chi connectivity index (χ4n) is 1.53. The minimum absolute atomic E-state index is 0.152. The van der Waals surface area contributed by atoms with E-state index in [1.165, 1.54) is 6.92 Å². The van der Waals surface area contributed by atoms with Gasteiger partial charge in [-0.05, 0) is 25.0 Å². The molecule has 0 aliphatic heterocycles. The lowest BCUT2D eigenvalue weighted by Gasteiger charge is -2.10. The molecule has 0 saturated heterocycles. The lowest BCUT2D eigenvalue weighted by Crippen LogP contribution is -2.42. The molecule has 0 aliphatic rings. The Morgan fingerprint density at radius 1 is 1.19 bits per heavy atom. The van der Waals surface area contributed by atoms with E-state index < -0.39 is 11.9 Å². The van der Waals surface area contributed by atoms with Crippen LogP contribution in [0.3, 0.4) is 0 Å². The van der Waals surface area contributed by atoms with E-state index in [4.69, 9.17) is 4.74 Å². The van der Waals surface area contributed by atoms with Crippen LogP contribution in [0.2, 0.25) is 0 Å². The van der Waals surface area contributed by atoms with Gasteiger partial charge in [-0.2, -0.15) is 0 Å². The summed E-state index contributed by atoms with van der Waals surface area (Å²) in [4.78, 5) is 34.4. The van der Waals surface area contributed by atoms with Crippen LogP contribution in [0.25, 0.3) is 0 Å². The molecule has 0 atom stereocenters. The number of benzene rings is 1. The van der Waals surface area contributed by atoms with E-state index in [9.17, 15) is 14.4 Å². The molecular formula is C15H20N2O4. The Morgan fingerprint density at radius 2 is 1.86 bits per heavy atom. The number of carbonyl (C=O) groups excluding carboxylic acids is 3. The highest BCUT2D eigenvalue weighted by Gasteiger charge is 2.11. The number of Topliss-reactive ketones (excluding diaryl/α,β-unsaturated/α-hetero) is 1. The number of hydrogen-bond acceptors (Lipinski definition) is 4. The number of hydrogen-bond donors (Lipinski definition) is 2. The minimum Gasteiger partial charge on any atom is -0.483 e. The molecule has 114 valence electrons. The molecule has 0 heterocycles. The van der Waals surface area contributed by atoms with Crippen LogP contribution < -0.4 is 15.4 Å². The van der Waals surface area contributed by atoms with Crippen molar-refractivity contribution >= 4 is 17.7 Å². The zero-order chi connectivity index (χ0) is 15.8. The average molecular weight is 292 g/mol. The number of urea groups is 1. The van der Waals surface area contributed by atoms with Crippen molar-refractivity contribution in [3.8, 4) is 5.75 Å². The second-order valence-corrected chi connectivity index (χ2v) is 4.99. The molecule has 21 heavy (non-hydrogen) atoms. The highest BCUT2D eigenvalue weighted by Crippen LogP contribution is 2.17. The van der Waals surface area contributed by atoms with E-state index in [0.717, 1.165) is 0 Å². The van der Waals surface area contributed by atoms with Gasteiger partial charge in [-0.15, -0.1) is 0 Å². The van der Waals surface area contributed by atoms with Crippen molar-refractivity contribution in [1.82, 2.24) is 10.6 Å². The van der Waals surface area contributed by atoms with Crippen molar-refractivity contribution in [2.75, 3.05) is 13.2 Å². The normalized spacial score (nSPS) is 10.1. The third kappa shape index (κ3) is 6.07. The second kappa shape index (κ2) is 8.04. The predicted molar refractivity (Wildman–Crippen MR) is 78.3 cm³/mol. The molecule has 0 fully saturated rings. The van der Waals surface area contributed by atoms with Gasteiger partial charge in [0.05, 0.1) is 5.56 Å². The summed E-state index contributed by atoms with van der Waals surface area (Å²) in [6.07, 6.45) is 0. The molecule has 0 saturated carbocycles. The molecule has 1 rings (SSSR count). The van der Waals surface area contributed by atoms with Crippen molar-refractivity contribution in [3.05, 3.63) is 29.8 Å². The third-order valence-corrected chi connectivity index (χ3v) is 2.55. The van der Waals surface area contributed by atoms with Crippen molar-refractivity contribution < 1.29 is 19.1 Å². The maximum Gasteiger partial charge on any atom is 0.321 e. The number of ketones is 1. The molecule has 2 N–H and O–H groups in total. The maximum absolute atomic E-state index is 11.6. The first kappa shape index (κ1) is 16.7. The van der Waals surface area contributed by atoms with E-state index in [-0.39, 0.29) is 12.4 Å². The fourth-order valence-corrected chi connectivity index (χ4v) is 1.53. The minimum atomic E-state index is -0.574. The molecule has 3 amide bonds. The van der Waals surface area contributed by atoms with Gasteiger partial charge in [0.25, 0.3) is 5.91 Å². The molecular weight excluding hydrogens is 272 g/mol. The van der Waals surface area contributed by atoms with Gasteiger partial charge >= 0.3 is 6.03 Å². The molecule has 0 unspecified atom stereocenters. The molecule has 0 spiro atoms. The second-order valence-electron chi connectivity index (χ2n) is 4.99. The van der Waals surface area contributed by atoms with Gasteiger partial charge in [0, 0.05) is 6.54 Å². The molecule has 0 aliphatic carbocycles. The van der Waals surface area contributed by atoms with Gasteiger partial charge in [0.2, 0.25) is 0 Å². The zero-order valence-corrected chi connectivity index (χ0v) is 12.4. The van der Waals surface area contributed by atoms with Crippen LogP contribution in [0.1, 0.15) is 31.1 Å². The van der Waals surface area contributed by atoms with Crippen LogP contribution in [0.5, 0.6) is 5.75 Å². The van der Waals surface area contributed by atoms with Crippen molar-refractivity contribution in [1.29, 1.82) is 0 Å². The number of rotatable bonds is 6. The monoisotopic (exact) mass is 292 g/mol. The summed E-state index contributed by atoms with van der Waals surface area (Å²) >= 11 is 0. The molecule has 0 aromatic heterocycles.